The Kier molecular flexibility index (Phi) is 3.66. The first-order valence-corrected chi connectivity index (χ1v) is 5.62. The topological polar surface area (TPSA) is 18.5 Å². The van der Waals surface area contributed by atoms with Crippen LogP contribution in [0.15, 0.2) is 48.5 Å². The van der Waals surface area contributed by atoms with Gasteiger partial charge in [0.2, 0.25) is 0 Å². The molecule has 2 aromatic carbocycles. The van der Waals surface area contributed by atoms with E-state index >= 15 is 0 Å². The summed E-state index contributed by atoms with van der Waals surface area (Å²) in [5.41, 5.74) is 0.860. The number of rotatable bonds is 4. The molecule has 0 fully saturated rings. The molecule has 0 unspecified atom stereocenters. The Morgan fingerprint density at radius 2 is 1.47 bits per heavy atom. The van der Waals surface area contributed by atoms with E-state index in [1.54, 1.807) is 0 Å². The predicted octanol–water partition coefficient (Wildman–Crippen LogP) is 4.06. The Hall–Kier alpha value is -1.96. The monoisotopic (exact) mass is 227 g/mol. The van der Waals surface area contributed by atoms with Crippen LogP contribution in [0.1, 0.15) is 12.5 Å². The van der Waals surface area contributed by atoms with Gasteiger partial charge in [0.05, 0.1) is 6.61 Å². The van der Waals surface area contributed by atoms with Crippen LogP contribution in [0.5, 0.6) is 17.2 Å². The number of para-hydroxylation sites is 3. The van der Waals surface area contributed by atoms with E-state index in [9.17, 15) is 0 Å². The molecule has 2 heteroatoms. The van der Waals surface area contributed by atoms with Gasteiger partial charge in [0.15, 0.2) is 11.5 Å². The van der Waals surface area contributed by atoms with Crippen molar-refractivity contribution in [3.8, 4) is 17.2 Å². The van der Waals surface area contributed by atoms with Gasteiger partial charge in [0.1, 0.15) is 5.75 Å². The van der Waals surface area contributed by atoms with Crippen LogP contribution in [-0.4, -0.2) is 6.61 Å². The molecule has 0 bridgehead atoms. The van der Waals surface area contributed by atoms with Gasteiger partial charge in [0.25, 0.3) is 0 Å². The third-order valence-corrected chi connectivity index (χ3v) is 2.34. The van der Waals surface area contributed by atoms with E-state index in [0.717, 1.165) is 17.1 Å². The van der Waals surface area contributed by atoms with Crippen molar-refractivity contribution in [3.63, 3.8) is 0 Å². The van der Waals surface area contributed by atoms with E-state index in [4.69, 9.17) is 9.47 Å². The maximum Gasteiger partial charge on any atom is 0.169 e. The molecule has 1 radical (unpaired) electrons. The summed E-state index contributed by atoms with van der Waals surface area (Å²) in [6.07, 6.45) is 0. The normalized spacial score (nSPS) is 10.0. The largest absolute Gasteiger partial charge is 0.490 e. The summed E-state index contributed by atoms with van der Waals surface area (Å²) in [6.45, 7) is 6.49. The van der Waals surface area contributed by atoms with Crippen LogP contribution in [0, 0.1) is 6.92 Å². The molecule has 0 heterocycles. The fourth-order valence-electron chi connectivity index (χ4n) is 1.53. The fourth-order valence-corrected chi connectivity index (χ4v) is 1.53. The first-order chi connectivity index (χ1) is 8.31. The zero-order valence-electron chi connectivity index (χ0n) is 9.85. The van der Waals surface area contributed by atoms with Gasteiger partial charge in [-0.2, -0.15) is 0 Å². The molecular weight excluding hydrogens is 212 g/mol. The van der Waals surface area contributed by atoms with Gasteiger partial charge in [-0.1, -0.05) is 30.3 Å². The fraction of sp³-hybridized carbons (Fsp3) is 0.133. The molecule has 0 saturated carbocycles. The highest BCUT2D eigenvalue weighted by Gasteiger charge is 2.06. The third kappa shape index (κ3) is 2.78. The lowest BCUT2D eigenvalue weighted by molar-refractivity contribution is 0.321. The van der Waals surface area contributed by atoms with Gasteiger partial charge >= 0.3 is 0 Å². The quantitative estimate of drug-likeness (QED) is 0.784. The number of hydrogen-bond acceptors (Lipinski definition) is 2. The average molecular weight is 227 g/mol. The molecule has 0 spiro atoms. The van der Waals surface area contributed by atoms with Gasteiger partial charge in [-0.15, -0.1) is 0 Å². The van der Waals surface area contributed by atoms with Gasteiger partial charge in [0, 0.05) is 0 Å². The summed E-state index contributed by atoms with van der Waals surface area (Å²) in [6, 6.07) is 15.3. The Labute approximate surface area is 102 Å². The first kappa shape index (κ1) is 11.5. The SMILES string of the molecule is [CH2]c1ccccc1Oc1ccccc1OCC. The minimum Gasteiger partial charge on any atom is -0.490 e. The molecule has 0 aliphatic rings. The minimum atomic E-state index is 0.617. The molecule has 0 amide bonds. The van der Waals surface area contributed by atoms with Crippen LogP contribution in [0.4, 0.5) is 0 Å². The molecule has 0 saturated heterocycles. The maximum atomic E-state index is 5.81. The molecule has 2 rings (SSSR count). The molecule has 87 valence electrons. The zero-order chi connectivity index (χ0) is 12.1. The smallest absolute Gasteiger partial charge is 0.169 e. The lowest BCUT2D eigenvalue weighted by Gasteiger charge is -2.12. The van der Waals surface area contributed by atoms with Crippen molar-refractivity contribution >= 4 is 0 Å². The zero-order valence-corrected chi connectivity index (χ0v) is 9.85. The Morgan fingerprint density at radius 3 is 2.12 bits per heavy atom. The van der Waals surface area contributed by atoms with Crippen LogP contribution >= 0.6 is 0 Å². The Morgan fingerprint density at radius 1 is 0.882 bits per heavy atom. The number of ether oxygens (including phenoxy) is 2. The van der Waals surface area contributed by atoms with Crippen LogP contribution in [0.25, 0.3) is 0 Å². The summed E-state index contributed by atoms with van der Waals surface area (Å²) in [7, 11) is 0. The van der Waals surface area contributed by atoms with Crippen LogP contribution in [0.2, 0.25) is 0 Å². The van der Waals surface area contributed by atoms with E-state index < -0.39 is 0 Å². The standard InChI is InChI=1S/C15H15O2/c1-3-16-14-10-6-7-11-15(14)17-13-9-5-4-8-12(13)2/h4-11H,2-3H2,1H3. The van der Waals surface area contributed by atoms with E-state index in [0.29, 0.717) is 12.4 Å². The highest BCUT2D eigenvalue weighted by molar-refractivity contribution is 5.45. The Bertz CT molecular complexity index is 492. The van der Waals surface area contributed by atoms with Gasteiger partial charge in [-0.3, -0.25) is 0 Å². The highest BCUT2D eigenvalue weighted by Crippen LogP contribution is 2.32. The average Bonchev–Trinajstić information content (AvgIpc) is 2.35. The molecule has 0 aliphatic carbocycles. The summed E-state index contributed by atoms with van der Waals surface area (Å²) >= 11 is 0. The second-order valence-electron chi connectivity index (χ2n) is 3.59. The molecule has 2 nitrogen and oxygen atoms in total. The van der Waals surface area contributed by atoms with E-state index in [1.807, 2.05) is 55.5 Å². The second-order valence-corrected chi connectivity index (χ2v) is 3.59. The van der Waals surface area contributed by atoms with Crippen LogP contribution in [0.3, 0.4) is 0 Å². The van der Waals surface area contributed by atoms with Crippen molar-refractivity contribution < 1.29 is 9.47 Å². The maximum absolute atomic E-state index is 5.81. The highest BCUT2D eigenvalue weighted by atomic mass is 16.5. The van der Waals surface area contributed by atoms with Crippen molar-refractivity contribution in [2.45, 2.75) is 6.92 Å². The van der Waals surface area contributed by atoms with E-state index in [1.165, 1.54) is 0 Å². The van der Waals surface area contributed by atoms with Crippen molar-refractivity contribution in [1.82, 2.24) is 0 Å². The summed E-state index contributed by atoms with van der Waals surface area (Å²) in [5.74, 6) is 2.21. The molecule has 0 N–H and O–H groups in total. The van der Waals surface area contributed by atoms with Crippen LogP contribution < -0.4 is 9.47 Å². The van der Waals surface area contributed by atoms with Crippen molar-refractivity contribution in [1.29, 1.82) is 0 Å². The lowest BCUT2D eigenvalue weighted by Crippen LogP contribution is -1.95. The molecule has 0 aromatic heterocycles. The molecule has 0 aliphatic heterocycles. The molecule has 0 atom stereocenters. The molecular formula is C15H15O2. The Balaban J connectivity index is 2.27. The summed E-state index contributed by atoms with van der Waals surface area (Å²) < 4.78 is 11.3. The van der Waals surface area contributed by atoms with Crippen molar-refractivity contribution in [3.05, 3.63) is 61.0 Å². The summed E-state index contributed by atoms with van der Waals surface area (Å²) in [5, 5.41) is 0. The minimum absolute atomic E-state index is 0.617. The molecule has 17 heavy (non-hydrogen) atoms. The number of hydrogen-bond donors (Lipinski definition) is 0. The predicted molar refractivity (Wildman–Crippen MR) is 68.6 cm³/mol. The first-order valence-electron chi connectivity index (χ1n) is 5.62. The van der Waals surface area contributed by atoms with Crippen molar-refractivity contribution in [2.24, 2.45) is 0 Å². The van der Waals surface area contributed by atoms with E-state index in [2.05, 4.69) is 6.92 Å². The molecule has 2 aromatic rings. The third-order valence-electron chi connectivity index (χ3n) is 2.34. The second kappa shape index (κ2) is 5.39. The van der Waals surface area contributed by atoms with Gasteiger partial charge in [-0.25, -0.2) is 0 Å². The number of benzene rings is 2. The van der Waals surface area contributed by atoms with Crippen molar-refractivity contribution in [2.75, 3.05) is 6.61 Å². The van der Waals surface area contributed by atoms with Crippen LogP contribution in [-0.2, 0) is 0 Å². The van der Waals surface area contributed by atoms with Gasteiger partial charge in [-0.05, 0) is 37.6 Å². The van der Waals surface area contributed by atoms with Gasteiger partial charge < -0.3 is 9.47 Å². The van der Waals surface area contributed by atoms with E-state index in [-0.39, 0.29) is 0 Å². The lowest BCUT2D eigenvalue weighted by atomic mass is 10.2. The summed E-state index contributed by atoms with van der Waals surface area (Å²) in [4.78, 5) is 0.